The maximum Gasteiger partial charge on any atom is 0.344 e. The largest absolute Gasteiger partial charge is 0.477 e. The second-order valence-electron chi connectivity index (χ2n) is 6.44. The summed E-state index contributed by atoms with van der Waals surface area (Å²) in [5, 5.41) is 12.7. The lowest BCUT2D eigenvalue weighted by molar-refractivity contribution is 0.0701. The fraction of sp³-hybridized carbons (Fsp3) is 0.238. The van der Waals surface area contributed by atoms with Crippen LogP contribution in [0.2, 0.25) is 0 Å². The molecule has 0 radical (unpaired) electrons. The Morgan fingerprint density at radius 1 is 1.19 bits per heavy atom. The molecule has 0 saturated carbocycles. The molecule has 4 rings (SSSR count). The molecule has 1 aliphatic rings. The van der Waals surface area contributed by atoms with Crippen molar-refractivity contribution in [2.75, 3.05) is 31.2 Å². The number of carbonyl (C=O) groups is 1. The number of hydrogen-bond acceptors (Lipinski definition) is 4. The number of aromatic carboxylic acids is 1. The predicted octanol–water partition coefficient (Wildman–Crippen LogP) is 4.58. The van der Waals surface area contributed by atoms with Crippen molar-refractivity contribution >= 4 is 38.8 Å². The van der Waals surface area contributed by atoms with Gasteiger partial charge in [0.25, 0.3) is 0 Å². The Morgan fingerprint density at radius 2 is 1.93 bits per heavy atom. The van der Waals surface area contributed by atoms with Crippen molar-refractivity contribution in [3.63, 3.8) is 0 Å². The fourth-order valence-electron chi connectivity index (χ4n) is 3.43. The molecule has 1 N–H and O–H groups in total. The number of carboxylic acids is 1. The van der Waals surface area contributed by atoms with Crippen LogP contribution >= 0.6 is 11.3 Å². The monoisotopic (exact) mass is 378 g/mol. The van der Waals surface area contributed by atoms with Crippen LogP contribution in [0.1, 0.15) is 20.8 Å². The van der Waals surface area contributed by atoms with Gasteiger partial charge in [-0.15, -0.1) is 11.3 Å². The number of fused-ring (bicyclic) bond motifs is 1. The van der Waals surface area contributed by atoms with E-state index < -0.39 is 5.97 Å². The molecule has 1 aliphatic heterocycles. The normalized spacial score (nSPS) is 14.3. The summed E-state index contributed by atoms with van der Waals surface area (Å²) in [7, 11) is 0. The molecule has 6 heteroatoms. The number of anilines is 1. The molecule has 0 spiro atoms. The first-order valence-electron chi connectivity index (χ1n) is 8.74. The van der Waals surface area contributed by atoms with Gasteiger partial charge in [0.15, 0.2) is 0 Å². The minimum atomic E-state index is -0.972. The third kappa shape index (κ3) is 3.39. The molecule has 136 valence electrons. The lowest BCUT2D eigenvalue weighted by Gasteiger charge is -2.28. The molecule has 27 heavy (non-hydrogen) atoms. The highest BCUT2D eigenvalue weighted by molar-refractivity contribution is 7.18. The van der Waals surface area contributed by atoms with Crippen molar-refractivity contribution in [1.29, 1.82) is 0 Å². The third-order valence-corrected chi connectivity index (χ3v) is 6.03. The molecule has 1 fully saturated rings. The molecule has 2 aromatic carbocycles. The van der Waals surface area contributed by atoms with E-state index in [0.29, 0.717) is 44.0 Å². The summed E-state index contributed by atoms with van der Waals surface area (Å²) in [6.07, 6.45) is 0.436. The summed E-state index contributed by atoms with van der Waals surface area (Å²) in [5.74, 6) is -0.972. The molecule has 0 aliphatic carbocycles. The molecule has 0 bridgehead atoms. The number of carboxylic acid groups (broad SMARTS) is 1. The van der Waals surface area contributed by atoms with Crippen molar-refractivity contribution < 1.29 is 14.6 Å². The van der Waals surface area contributed by atoms with E-state index in [1.807, 2.05) is 36.4 Å². The van der Waals surface area contributed by atoms with Gasteiger partial charge in [-0.25, -0.2) is 9.64 Å². The summed E-state index contributed by atoms with van der Waals surface area (Å²) < 4.78 is 5.38. The van der Waals surface area contributed by atoms with Crippen LogP contribution in [0.15, 0.2) is 42.5 Å². The molecule has 1 aromatic heterocycles. The Hall–Kier alpha value is -2.88. The minimum absolute atomic E-state index is 0.260. The van der Waals surface area contributed by atoms with Crippen molar-refractivity contribution in [1.82, 2.24) is 0 Å². The SMILES string of the molecule is [C-]#[N+]c1c(N2CCOCC2)sc(C(=O)O)c1Cc1ccc2ccccc2c1. The van der Waals surface area contributed by atoms with Crippen LogP contribution in [-0.4, -0.2) is 37.4 Å². The highest BCUT2D eigenvalue weighted by Crippen LogP contribution is 2.44. The van der Waals surface area contributed by atoms with Gasteiger partial charge in [0, 0.05) is 13.1 Å². The van der Waals surface area contributed by atoms with Crippen molar-refractivity contribution in [2.45, 2.75) is 6.42 Å². The smallest absolute Gasteiger partial charge is 0.344 e. The number of morpholine rings is 1. The van der Waals surface area contributed by atoms with Crippen LogP contribution in [0.4, 0.5) is 10.7 Å². The van der Waals surface area contributed by atoms with E-state index in [4.69, 9.17) is 11.3 Å². The van der Waals surface area contributed by atoms with E-state index >= 15 is 0 Å². The molecule has 3 aromatic rings. The highest BCUT2D eigenvalue weighted by atomic mass is 32.1. The Labute approximate surface area is 161 Å². The average Bonchev–Trinajstić information content (AvgIpc) is 3.07. The van der Waals surface area contributed by atoms with E-state index in [-0.39, 0.29) is 4.88 Å². The molecule has 1 saturated heterocycles. The Bertz CT molecular complexity index is 1050. The lowest BCUT2D eigenvalue weighted by Crippen LogP contribution is -2.35. The van der Waals surface area contributed by atoms with Crippen LogP contribution in [0.25, 0.3) is 15.6 Å². The second kappa shape index (κ2) is 7.39. The molecular formula is C21H18N2O3S. The summed E-state index contributed by atoms with van der Waals surface area (Å²) in [5.41, 5.74) is 2.08. The lowest BCUT2D eigenvalue weighted by atomic mass is 10.0. The van der Waals surface area contributed by atoms with Gasteiger partial charge in [0.05, 0.1) is 24.8 Å². The van der Waals surface area contributed by atoms with Crippen LogP contribution in [-0.2, 0) is 11.2 Å². The van der Waals surface area contributed by atoms with Crippen LogP contribution in [0, 0.1) is 6.57 Å². The average molecular weight is 378 g/mol. The van der Waals surface area contributed by atoms with E-state index in [2.05, 4.69) is 15.8 Å². The predicted molar refractivity (Wildman–Crippen MR) is 107 cm³/mol. The number of benzene rings is 2. The molecule has 0 unspecified atom stereocenters. The number of ether oxygens (including phenoxy) is 1. The number of hydrogen-bond donors (Lipinski definition) is 1. The standard InChI is InChI=1S/C21H18N2O3S/c1-22-18-17(13-14-6-7-15-4-2-3-5-16(15)12-14)19(21(24)25)27-20(18)23-8-10-26-11-9-23/h2-7,12H,8-11,13H2,(H,24,25). The van der Waals surface area contributed by atoms with Crippen LogP contribution < -0.4 is 4.90 Å². The summed E-state index contributed by atoms with van der Waals surface area (Å²) in [4.78, 5) is 17.9. The topological polar surface area (TPSA) is 54.1 Å². The highest BCUT2D eigenvalue weighted by Gasteiger charge is 2.26. The number of thiophene rings is 1. The number of nitrogens with zero attached hydrogens (tertiary/aromatic N) is 2. The van der Waals surface area contributed by atoms with E-state index in [1.54, 1.807) is 0 Å². The Kier molecular flexibility index (Phi) is 4.80. The van der Waals surface area contributed by atoms with Gasteiger partial charge in [-0.05, 0) is 28.3 Å². The van der Waals surface area contributed by atoms with Gasteiger partial charge < -0.3 is 14.7 Å². The quantitative estimate of drug-likeness (QED) is 0.676. The first kappa shape index (κ1) is 17.5. The Balaban J connectivity index is 1.76. The van der Waals surface area contributed by atoms with Gasteiger partial charge in [0.2, 0.25) is 5.69 Å². The zero-order valence-electron chi connectivity index (χ0n) is 14.6. The van der Waals surface area contributed by atoms with Gasteiger partial charge in [0.1, 0.15) is 4.88 Å². The maximum absolute atomic E-state index is 11.9. The fourth-order valence-corrected chi connectivity index (χ4v) is 4.58. The van der Waals surface area contributed by atoms with E-state index in [0.717, 1.165) is 21.3 Å². The molecule has 0 atom stereocenters. The molecule has 0 amide bonds. The summed E-state index contributed by atoms with van der Waals surface area (Å²) in [6, 6.07) is 14.2. The van der Waals surface area contributed by atoms with Gasteiger partial charge in [-0.1, -0.05) is 42.5 Å². The van der Waals surface area contributed by atoms with Crippen molar-refractivity contribution in [2.24, 2.45) is 0 Å². The van der Waals surface area contributed by atoms with E-state index in [9.17, 15) is 9.90 Å². The maximum atomic E-state index is 11.9. The molecule has 5 nitrogen and oxygen atoms in total. The Morgan fingerprint density at radius 3 is 2.63 bits per heavy atom. The number of rotatable bonds is 4. The van der Waals surface area contributed by atoms with Crippen molar-refractivity contribution in [3.05, 3.63) is 69.9 Å². The van der Waals surface area contributed by atoms with E-state index in [1.165, 1.54) is 11.3 Å². The second-order valence-corrected chi connectivity index (χ2v) is 7.44. The summed E-state index contributed by atoms with van der Waals surface area (Å²) >= 11 is 1.21. The molecule has 2 heterocycles. The zero-order valence-corrected chi connectivity index (χ0v) is 15.5. The van der Waals surface area contributed by atoms with Crippen LogP contribution in [0.3, 0.4) is 0 Å². The van der Waals surface area contributed by atoms with Gasteiger partial charge >= 0.3 is 5.97 Å². The zero-order chi connectivity index (χ0) is 18.8. The molecular weight excluding hydrogens is 360 g/mol. The van der Waals surface area contributed by atoms with Crippen molar-refractivity contribution in [3.8, 4) is 0 Å². The first-order valence-corrected chi connectivity index (χ1v) is 9.56. The summed E-state index contributed by atoms with van der Waals surface area (Å²) in [6.45, 7) is 10.2. The van der Waals surface area contributed by atoms with Gasteiger partial charge in [-0.3, -0.25) is 0 Å². The first-order chi connectivity index (χ1) is 13.2. The minimum Gasteiger partial charge on any atom is -0.477 e. The van der Waals surface area contributed by atoms with Gasteiger partial charge in [-0.2, -0.15) is 0 Å². The van der Waals surface area contributed by atoms with Crippen LogP contribution in [0.5, 0.6) is 0 Å². The third-order valence-electron chi connectivity index (χ3n) is 4.76.